The molecule has 0 atom stereocenters. The molecule has 3 N–H and O–H groups in total. The minimum absolute atomic E-state index is 0.520. The number of imidazole rings is 1. The van der Waals surface area contributed by atoms with Gasteiger partial charge in [-0.2, -0.15) is 5.26 Å². The minimum atomic E-state index is -0.550. The van der Waals surface area contributed by atoms with E-state index in [0.717, 1.165) is 37.7 Å². The molecule has 0 unspecified atom stereocenters. The maximum absolute atomic E-state index is 9.37. The average molecular weight is 421 g/mol. The molecule has 6 nitrogen and oxygen atoms in total. The van der Waals surface area contributed by atoms with Gasteiger partial charge >= 0.3 is 0 Å². The quantitative estimate of drug-likeness (QED) is 0.377. The number of fused-ring (bicyclic) bond motifs is 3. The van der Waals surface area contributed by atoms with E-state index in [1.807, 2.05) is 60.9 Å². The van der Waals surface area contributed by atoms with Crippen molar-refractivity contribution in [1.82, 2.24) is 14.5 Å². The van der Waals surface area contributed by atoms with Crippen LogP contribution in [0.2, 0.25) is 0 Å². The van der Waals surface area contributed by atoms with Gasteiger partial charge in [0.15, 0.2) is 0 Å². The lowest BCUT2D eigenvalue weighted by Gasteiger charge is -2.17. The number of nitriles is 1. The van der Waals surface area contributed by atoms with E-state index >= 15 is 0 Å². The van der Waals surface area contributed by atoms with Crippen LogP contribution in [0, 0.1) is 11.3 Å². The first-order valence-corrected chi connectivity index (χ1v) is 9.19. The Morgan fingerprint density at radius 1 is 1.15 bits per heavy atom. The number of benzene rings is 2. The van der Waals surface area contributed by atoms with Crippen LogP contribution in [0.3, 0.4) is 0 Å². The lowest BCUT2D eigenvalue weighted by molar-refractivity contribution is 0.686. The van der Waals surface area contributed by atoms with Crippen LogP contribution in [0.4, 0.5) is 5.95 Å². The third-order valence-electron chi connectivity index (χ3n) is 4.70. The predicted molar refractivity (Wildman–Crippen MR) is 111 cm³/mol. The molecule has 27 heavy (non-hydrogen) atoms. The van der Waals surface area contributed by atoms with Gasteiger partial charge in [-0.1, -0.05) is 28.1 Å². The van der Waals surface area contributed by atoms with Gasteiger partial charge in [-0.05, 0) is 49.7 Å². The maximum atomic E-state index is 9.37. The summed E-state index contributed by atoms with van der Waals surface area (Å²) in [7, 11) is 0. The highest BCUT2D eigenvalue weighted by molar-refractivity contribution is 9.10. The van der Waals surface area contributed by atoms with E-state index in [1.165, 1.54) is 0 Å². The van der Waals surface area contributed by atoms with Crippen molar-refractivity contribution in [3.63, 3.8) is 0 Å². The molecule has 0 fully saturated rings. The first kappa shape index (κ1) is 17.5. The average Bonchev–Trinajstić information content (AvgIpc) is 3.07. The predicted octanol–water partition coefficient (Wildman–Crippen LogP) is 4.42. The van der Waals surface area contributed by atoms with Crippen molar-refractivity contribution in [2.24, 2.45) is 5.84 Å². The highest BCUT2D eigenvalue weighted by atomic mass is 79.9. The third-order valence-corrected chi connectivity index (χ3v) is 5.19. The van der Waals surface area contributed by atoms with Crippen LogP contribution in [0.5, 0.6) is 0 Å². The number of anilines is 1. The molecular formula is C20H17BrN6. The molecule has 0 radical (unpaired) electrons. The second-order valence-electron chi connectivity index (χ2n) is 6.85. The molecule has 2 heterocycles. The topological polar surface area (TPSA) is 92.5 Å². The summed E-state index contributed by atoms with van der Waals surface area (Å²) in [5.74, 6) is 6.26. The second kappa shape index (κ2) is 6.34. The number of nitrogens with zero attached hydrogens (tertiary/aromatic N) is 4. The molecule has 2 aromatic carbocycles. The molecule has 0 aliphatic rings. The Hall–Kier alpha value is -2.95. The molecule has 0 aliphatic carbocycles. The van der Waals surface area contributed by atoms with Crippen LogP contribution in [-0.2, 0) is 5.41 Å². The number of rotatable bonds is 3. The van der Waals surface area contributed by atoms with Gasteiger partial charge in [-0.25, -0.2) is 10.8 Å². The van der Waals surface area contributed by atoms with Gasteiger partial charge in [-0.15, -0.1) is 0 Å². The van der Waals surface area contributed by atoms with Crippen LogP contribution < -0.4 is 11.3 Å². The summed E-state index contributed by atoms with van der Waals surface area (Å²) >= 11 is 3.53. The molecule has 0 bridgehead atoms. The van der Waals surface area contributed by atoms with E-state index in [1.54, 1.807) is 6.20 Å². The molecule has 0 saturated heterocycles. The Morgan fingerprint density at radius 3 is 2.56 bits per heavy atom. The van der Waals surface area contributed by atoms with E-state index in [-0.39, 0.29) is 0 Å². The SMILES string of the molecule is CC(C)(C#N)c1ccc(-n2c(NN)nc3cnc4ccc(Br)cc4c32)cc1. The fraction of sp³-hybridized carbons (Fsp3) is 0.150. The van der Waals surface area contributed by atoms with Gasteiger partial charge in [0.1, 0.15) is 5.52 Å². The maximum Gasteiger partial charge on any atom is 0.223 e. The molecule has 0 aliphatic heterocycles. The molecule has 4 aromatic rings. The summed E-state index contributed by atoms with van der Waals surface area (Å²) in [4.78, 5) is 9.06. The van der Waals surface area contributed by atoms with Crippen molar-refractivity contribution in [1.29, 1.82) is 5.26 Å². The zero-order chi connectivity index (χ0) is 19.2. The molecule has 0 spiro atoms. The fourth-order valence-electron chi connectivity index (χ4n) is 3.17. The van der Waals surface area contributed by atoms with Crippen molar-refractivity contribution < 1.29 is 0 Å². The highest BCUT2D eigenvalue weighted by Crippen LogP contribution is 2.32. The Kier molecular flexibility index (Phi) is 4.10. The van der Waals surface area contributed by atoms with E-state index in [4.69, 9.17) is 5.84 Å². The molecule has 134 valence electrons. The van der Waals surface area contributed by atoms with Crippen LogP contribution in [-0.4, -0.2) is 14.5 Å². The lowest BCUT2D eigenvalue weighted by Crippen LogP contribution is -2.14. The van der Waals surface area contributed by atoms with Crippen molar-refractivity contribution in [3.8, 4) is 11.8 Å². The van der Waals surface area contributed by atoms with Gasteiger partial charge in [0.25, 0.3) is 0 Å². The Bertz CT molecular complexity index is 1200. The molecule has 4 rings (SSSR count). The minimum Gasteiger partial charge on any atom is -0.293 e. The number of nitrogens with two attached hydrogens (primary N) is 1. The monoisotopic (exact) mass is 420 g/mol. The number of hydrazine groups is 1. The van der Waals surface area contributed by atoms with Gasteiger partial charge in [0.05, 0.1) is 28.7 Å². The number of nitrogen functional groups attached to an aromatic ring is 1. The van der Waals surface area contributed by atoms with E-state index in [2.05, 4.69) is 37.4 Å². The number of hydrogen-bond acceptors (Lipinski definition) is 5. The lowest BCUT2D eigenvalue weighted by atomic mass is 9.86. The Labute approximate surface area is 164 Å². The van der Waals surface area contributed by atoms with Crippen LogP contribution >= 0.6 is 15.9 Å². The van der Waals surface area contributed by atoms with Crippen LogP contribution in [0.1, 0.15) is 19.4 Å². The number of hydrogen-bond donors (Lipinski definition) is 2. The highest BCUT2D eigenvalue weighted by Gasteiger charge is 2.20. The smallest absolute Gasteiger partial charge is 0.223 e. The molecule has 0 saturated carbocycles. The number of nitrogens with one attached hydrogen (secondary N) is 1. The number of aromatic nitrogens is 3. The molecule has 2 aromatic heterocycles. The Balaban J connectivity index is 2.01. The van der Waals surface area contributed by atoms with Crippen molar-refractivity contribution in [2.45, 2.75) is 19.3 Å². The standard InChI is InChI=1S/C20H17BrN6/c1-20(2,11-22)12-3-6-14(7-4-12)27-18-15-9-13(21)5-8-16(15)24-10-17(18)25-19(27)26-23/h3-10H,23H2,1-2H3,(H,25,26). The van der Waals surface area contributed by atoms with Crippen LogP contribution in [0.15, 0.2) is 53.1 Å². The first-order valence-electron chi connectivity index (χ1n) is 8.40. The van der Waals surface area contributed by atoms with Gasteiger partial charge in [0.2, 0.25) is 5.95 Å². The number of pyridine rings is 1. The van der Waals surface area contributed by atoms with E-state index in [9.17, 15) is 5.26 Å². The van der Waals surface area contributed by atoms with E-state index in [0.29, 0.717) is 5.95 Å². The Morgan fingerprint density at radius 2 is 1.89 bits per heavy atom. The van der Waals surface area contributed by atoms with Gasteiger partial charge < -0.3 is 0 Å². The third kappa shape index (κ3) is 2.83. The molecule has 7 heteroatoms. The van der Waals surface area contributed by atoms with Gasteiger partial charge in [-0.3, -0.25) is 15.0 Å². The summed E-state index contributed by atoms with van der Waals surface area (Å²) in [6.45, 7) is 3.80. The zero-order valence-electron chi connectivity index (χ0n) is 14.9. The fourth-order valence-corrected chi connectivity index (χ4v) is 3.53. The molecule has 0 amide bonds. The summed E-state index contributed by atoms with van der Waals surface area (Å²) in [6, 6.07) is 16.1. The van der Waals surface area contributed by atoms with Crippen molar-refractivity contribution in [2.75, 3.05) is 5.43 Å². The largest absolute Gasteiger partial charge is 0.293 e. The first-order chi connectivity index (χ1) is 12.9. The summed E-state index contributed by atoms with van der Waals surface area (Å²) < 4.78 is 2.93. The van der Waals surface area contributed by atoms with Gasteiger partial charge in [0, 0.05) is 15.5 Å². The summed E-state index contributed by atoms with van der Waals surface area (Å²) in [5, 5.41) is 10.3. The van der Waals surface area contributed by atoms with Crippen molar-refractivity contribution >= 4 is 43.8 Å². The summed E-state index contributed by atoms with van der Waals surface area (Å²) in [5.41, 5.74) is 6.52. The van der Waals surface area contributed by atoms with E-state index < -0.39 is 5.41 Å². The second-order valence-corrected chi connectivity index (χ2v) is 7.77. The zero-order valence-corrected chi connectivity index (χ0v) is 16.4. The normalized spacial score (nSPS) is 11.7. The number of halogens is 1. The summed E-state index contributed by atoms with van der Waals surface area (Å²) in [6.07, 6.45) is 1.75. The van der Waals surface area contributed by atoms with Crippen LogP contribution in [0.25, 0.3) is 27.6 Å². The van der Waals surface area contributed by atoms with Crippen molar-refractivity contribution in [3.05, 3.63) is 58.7 Å². The molecular weight excluding hydrogens is 404 g/mol.